The number of methoxy groups -OCH3 is 1. The molecule has 5 nitrogen and oxygen atoms in total. The monoisotopic (exact) mass is 237 g/mol. The highest BCUT2D eigenvalue weighted by molar-refractivity contribution is 5.88. The molecule has 0 spiro atoms. The molecule has 0 aromatic heterocycles. The van der Waals surface area contributed by atoms with Crippen molar-refractivity contribution in [3.8, 4) is 11.5 Å². The molecule has 5 heteroatoms. The standard InChI is InChI=1S/C12H15NO4/c1-3-17-11(14)5-4-8-6-9(16-2)7-10(13)12(8)15/h4-7,15H,3,13H2,1-2H3. The first-order valence-corrected chi connectivity index (χ1v) is 5.09. The molecule has 0 aliphatic rings. The Labute approximate surface area is 99.5 Å². The summed E-state index contributed by atoms with van der Waals surface area (Å²) in [4.78, 5) is 11.1. The molecule has 92 valence electrons. The van der Waals surface area contributed by atoms with Crippen molar-refractivity contribution < 1.29 is 19.4 Å². The normalized spacial score (nSPS) is 10.5. The van der Waals surface area contributed by atoms with Crippen LogP contribution in [0.5, 0.6) is 11.5 Å². The minimum absolute atomic E-state index is 0.0913. The van der Waals surface area contributed by atoms with E-state index in [-0.39, 0.29) is 11.4 Å². The second-order valence-electron chi connectivity index (χ2n) is 3.24. The van der Waals surface area contributed by atoms with Gasteiger partial charge < -0.3 is 20.3 Å². The Morgan fingerprint density at radius 3 is 2.82 bits per heavy atom. The number of carbonyl (C=O) groups is 1. The second kappa shape index (κ2) is 5.79. The molecule has 0 aliphatic heterocycles. The number of esters is 1. The summed E-state index contributed by atoms with van der Waals surface area (Å²) in [5.74, 6) is -0.0663. The zero-order valence-electron chi connectivity index (χ0n) is 9.77. The summed E-state index contributed by atoms with van der Waals surface area (Å²) in [7, 11) is 1.49. The largest absolute Gasteiger partial charge is 0.505 e. The van der Waals surface area contributed by atoms with Crippen molar-refractivity contribution in [1.82, 2.24) is 0 Å². The number of carbonyl (C=O) groups excluding carboxylic acids is 1. The number of anilines is 1. The summed E-state index contributed by atoms with van der Waals surface area (Å²) in [6.07, 6.45) is 2.64. The summed E-state index contributed by atoms with van der Waals surface area (Å²) >= 11 is 0. The van der Waals surface area contributed by atoms with E-state index < -0.39 is 5.97 Å². The van der Waals surface area contributed by atoms with Crippen LogP contribution in [0.25, 0.3) is 6.08 Å². The van der Waals surface area contributed by atoms with E-state index in [9.17, 15) is 9.90 Å². The van der Waals surface area contributed by atoms with E-state index in [1.165, 1.54) is 25.3 Å². The van der Waals surface area contributed by atoms with Crippen LogP contribution >= 0.6 is 0 Å². The molecule has 0 heterocycles. The molecule has 1 aromatic carbocycles. The van der Waals surface area contributed by atoms with Crippen molar-refractivity contribution in [3.05, 3.63) is 23.8 Å². The minimum Gasteiger partial charge on any atom is -0.505 e. The van der Waals surface area contributed by atoms with Crippen LogP contribution in [0, 0.1) is 0 Å². The maximum atomic E-state index is 11.1. The topological polar surface area (TPSA) is 81.8 Å². The summed E-state index contributed by atoms with van der Waals surface area (Å²) < 4.78 is 9.72. The number of rotatable bonds is 4. The summed E-state index contributed by atoms with van der Waals surface area (Å²) in [5, 5.41) is 9.68. The second-order valence-corrected chi connectivity index (χ2v) is 3.24. The van der Waals surface area contributed by atoms with Gasteiger partial charge in [-0.3, -0.25) is 0 Å². The number of hydrogen-bond donors (Lipinski definition) is 2. The van der Waals surface area contributed by atoms with E-state index in [0.717, 1.165) is 0 Å². The average molecular weight is 237 g/mol. The van der Waals surface area contributed by atoms with E-state index in [1.54, 1.807) is 13.0 Å². The van der Waals surface area contributed by atoms with E-state index in [0.29, 0.717) is 17.9 Å². The number of benzene rings is 1. The molecule has 0 saturated heterocycles. The zero-order chi connectivity index (χ0) is 12.8. The number of nitrogens with two attached hydrogens (primary N) is 1. The van der Waals surface area contributed by atoms with Gasteiger partial charge in [-0.05, 0) is 19.1 Å². The SMILES string of the molecule is CCOC(=O)C=Cc1cc(OC)cc(N)c1O. The Kier molecular flexibility index (Phi) is 4.39. The first kappa shape index (κ1) is 12.9. The lowest BCUT2D eigenvalue weighted by Gasteiger charge is -2.06. The fraction of sp³-hybridized carbons (Fsp3) is 0.250. The molecular weight excluding hydrogens is 222 g/mol. The maximum Gasteiger partial charge on any atom is 0.330 e. The van der Waals surface area contributed by atoms with Gasteiger partial charge >= 0.3 is 5.97 Å². The first-order chi connectivity index (χ1) is 8.08. The van der Waals surface area contributed by atoms with Gasteiger partial charge in [-0.2, -0.15) is 0 Å². The highest BCUT2D eigenvalue weighted by Crippen LogP contribution is 2.31. The Morgan fingerprint density at radius 1 is 1.53 bits per heavy atom. The molecule has 0 fully saturated rings. The summed E-state index contributed by atoms with van der Waals surface area (Å²) in [5.41, 5.74) is 6.17. The Hall–Kier alpha value is -2.17. The molecule has 0 bridgehead atoms. The lowest BCUT2D eigenvalue weighted by Crippen LogP contribution is -1.98. The van der Waals surface area contributed by atoms with E-state index in [1.807, 2.05) is 0 Å². The molecule has 1 aromatic rings. The van der Waals surface area contributed by atoms with Crippen molar-refractivity contribution in [2.45, 2.75) is 6.92 Å². The highest BCUT2D eigenvalue weighted by atomic mass is 16.5. The fourth-order valence-electron chi connectivity index (χ4n) is 1.24. The van der Waals surface area contributed by atoms with Crippen LogP contribution in [0.2, 0.25) is 0 Å². The van der Waals surface area contributed by atoms with Crippen molar-refractivity contribution in [3.63, 3.8) is 0 Å². The molecule has 0 amide bonds. The molecule has 0 saturated carbocycles. The number of hydrogen-bond acceptors (Lipinski definition) is 5. The molecule has 0 aliphatic carbocycles. The zero-order valence-corrected chi connectivity index (χ0v) is 9.77. The van der Waals surface area contributed by atoms with Crippen molar-refractivity contribution in [1.29, 1.82) is 0 Å². The number of nitrogen functional groups attached to an aromatic ring is 1. The van der Waals surface area contributed by atoms with E-state index in [4.69, 9.17) is 15.2 Å². The lowest BCUT2D eigenvalue weighted by molar-refractivity contribution is -0.137. The van der Waals surface area contributed by atoms with Gasteiger partial charge in [0.2, 0.25) is 0 Å². The number of aromatic hydroxyl groups is 1. The molecule has 1 rings (SSSR count). The van der Waals surface area contributed by atoms with Crippen LogP contribution in [0.1, 0.15) is 12.5 Å². The van der Waals surface area contributed by atoms with Gasteiger partial charge in [-0.15, -0.1) is 0 Å². The predicted molar refractivity (Wildman–Crippen MR) is 64.7 cm³/mol. The first-order valence-electron chi connectivity index (χ1n) is 5.09. The van der Waals surface area contributed by atoms with Gasteiger partial charge in [0.15, 0.2) is 0 Å². The fourth-order valence-corrected chi connectivity index (χ4v) is 1.24. The van der Waals surface area contributed by atoms with E-state index >= 15 is 0 Å². The smallest absolute Gasteiger partial charge is 0.330 e. The highest BCUT2D eigenvalue weighted by Gasteiger charge is 2.06. The maximum absolute atomic E-state index is 11.1. The third kappa shape index (κ3) is 3.41. The third-order valence-corrected chi connectivity index (χ3v) is 2.06. The molecule has 0 radical (unpaired) electrons. The van der Waals surface area contributed by atoms with Crippen molar-refractivity contribution in [2.24, 2.45) is 0 Å². The van der Waals surface area contributed by atoms with Gasteiger partial charge in [0.1, 0.15) is 11.5 Å². The van der Waals surface area contributed by atoms with Crippen molar-refractivity contribution in [2.75, 3.05) is 19.5 Å². The average Bonchev–Trinajstić information content (AvgIpc) is 2.31. The lowest BCUT2D eigenvalue weighted by atomic mass is 10.1. The van der Waals surface area contributed by atoms with Gasteiger partial charge in [0.05, 0.1) is 19.4 Å². The van der Waals surface area contributed by atoms with Crippen LogP contribution in [-0.2, 0) is 9.53 Å². The quantitative estimate of drug-likeness (QED) is 0.359. The van der Waals surface area contributed by atoms with Crippen LogP contribution in [0.15, 0.2) is 18.2 Å². The molecular formula is C12H15NO4. The Morgan fingerprint density at radius 2 is 2.24 bits per heavy atom. The summed E-state index contributed by atoms with van der Waals surface area (Å²) in [6.45, 7) is 2.02. The predicted octanol–water partition coefficient (Wildman–Crippen LogP) is 1.56. The van der Waals surface area contributed by atoms with E-state index in [2.05, 4.69) is 0 Å². The van der Waals surface area contributed by atoms with Crippen LogP contribution in [0.3, 0.4) is 0 Å². The molecule has 0 atom stereocenters. The Balaban J connectivity index is 2.97. The third-order valence-electron chi connectivity index (χ3n) is 2.06. The van der Waals surface area contributed by atoms with Gasteiger partial charge in [-0.25, -0.2) is 4.79 Å². The number of ether oxygens (including phenoxy) is 2. The number of phenolic OH excluding ortho intramolecular Hbond substituents is 1. The minimum atomic E-state index is -0.478. The molecule has 17 heavy (non-hydrogen) atoms. The number of phenols is 1. The van der Waals surface area contributed by atoms with Crippen molar-refractivity contribution >= 4 is 17.7 Å². The van der Waals surface area contributed by atoms with Crippen LogP contribution in [-0.4, -0.2) is 24.8 Å². The van der Waals surface area contributed by atoms with Crippen LogP contribution in [0.4, 0.5) is 5.69 Å². The molecule has 0 unspecified atom stereocenters. The summed E-state index contributed by atoms with van der Waals surface area (Å²) in [6, 6.07) is 3.07. The van der Waals surface area contributed by atoms with Gasteiger partial charge in [0, 0.05) is 17.7 Å². The van der Waals surface area contributed by atoms with Gasteiger partial charge in [-0.1, -0.05) is 0 Å². The molecule has 3 N–H and O–H groups in total. The van der Waals surface area contributed by atoms with Crippen LogP contribution < -0.4 is 10.5 Å². The van der Waals surface area contributed by atoms with Gasteiger partial charge in [0.25, 0.3) is 0 Å². The Bertz CT molecular complexity index is 440.